The molecule has 1 amide bonds. The van der Waals surface area contributed by atoms with Gasteiger partial charge in [-0.2, -0.15) is 0 Å². The number of carbonyl (C=O) groups excluding carboxylic acids is 1. The molecule has 1 saturated heterocycles. The molecule has 0 unspecified atom stereocenters. The van der Waals surface area contributed by atoms with Crippen LogP contribution in [0.5, 0.6) is 0 Å². The second kappa shape index (κ2) is 6.92. The number of amides is 1. The number of benzene rings is 2. The molecule has 0 saturated carbocycles. The zero-order chi connectivity index (χ0) is 17.4. The van der Waals surface area contributed by atoms with Gasteiger partial charge in [-0.25, -0.2) is 8.78 Å². The van der Waals surface area contributed by atoms with Gasteiger partial charge in [-0.05, 0) is 57.9 Å². The van der Waals surface area contributed by atoms with Crippen LogP contribution in [0.25, 0.3) is 6.08 Å². The van der Waals surface area contributed by atoms with Crippen molar-refractivity contribution in [1.29, 1.82) is 0 Å². The van der Waals surface area contributed by atoms with E-state index >= 15 is 0 Å². The van der Waals surface area contributed by atoms with Crippen LogP contribution < -0.4 is 4.90 Å². The molecular formula is C16H7BrClF2NOS2. The molecule has 3 rings (SSSR count). The van der Waals surface area contributed by atoms with Crippen molar-refractivity contribution in [2.75, 3.05) is 4.90 Å². The van der Waals surface area contributed by atoms with E-state index in [1.807, 2.05) is 0 Å². The van der Waals surface area contributed by atoms with Gasteiger partial charge in [-0.15, -0.1) is 0 Å². The molecule has 0 radical (unpaired) electrons. The predicted octanol–water partition coefficient (Wildman–Crippen LogP) is 5.79. The standard InChI is InChI=1S/C16H7BrClF2NOS2/c17-10-5-8(1-3-12(10)19)6-14-15(22)21(16(23)24-14)9-2-4-13(20)11(18)7-9/h1-7H. The topological polar surface area (TPSA) is 20.3 Å². The van der Waals surface area contributed by atoms with Crippen LogP contribution in [0.4, 0.5) is 14.5 Å². The predicted molar refractivity (Wildman–Crippen MR) is 101 cm³/mol. The Hall–Kier alpha value is -1.28. The van der Waals surface area contributed by atoms with Crippen LogP contribution in [0.15, 0.2) is 45.8 Å². The minimum atomic E-state index is -0.572. The minimum absolute atomic E-state index is 0.0898. The van der Waals surface area contributed by atoms with Gasteiger partial charge in [-0.3, -0.25) is 9.69 Å². The number of thiocarbonyl (C=S) groups is 1. The molecule has 8 heteroatoms. The first-order chi connectivity index (χ1) is 11.4. The Morgan fingerprint density at radius 2 is 1.88 bits per heavy atom. The third-order valence-corrected chi connectivity index (χ3v) is 5.40. The molecule has 0 spiro atoms. The molecule has 2 aromatic rings. The molecular weight excluding hydrogens is 440 g/mol. The molecule has 2 aromatic carbocycles. The smallest absolute Gasteiger partial charge is 0.268 e. The first kappa shape index (κ1) is 17.5. The fraction of sp³-hybridized carbons (Fsp3) is 0. The number of halogens is 4. The summed E-state index contributed by atoms with van der Waals surface area (Å²) >= 11 is 15.2. The van der Waals surface area contributed by atoms with Gasteiger partial charge in [0.05, 0.1) is 20.1 Å². The summed E-state index contributed by atoms with van der Waals surface area (Å²) in [6.45, 7) is 0. The third kappa shape index (κ3) is 3.39. The van der Waals surface area contributed by atoms with E-state index in [0.29, 0.717) is 24.9 Å². The maximum atomic E-state index is 13.3. The second-order valence-electron chi connectivity index (χ2n) is 4.79. The molecule has 0 aliphatic carbocycles. The van der Waals surface area contributed by atoms with E-state index in [-0.39, 0.29) is 16.7 Å². The average Bonchev–Trinajstić information content (AvgIpc) is 2.80. The number of hydrogen-bond acceptors (Lipinski definition) is 3. The first-order valence-electron chi connectivity index (χ1n) is 6.55. The largest absolute Gasteiger partial charge is 0.270 e. The molecule has 24 heavy (non-hydrogen) atoms. The summed E-state index contributed by atoms with van der Waals surface area (Å²) in [6, 6.07) is 8.38. The summed E-state index contributed by atoms with van der Waals surface area (Å²) in [5.41, 5.74) is 1.05. The van der Waals surface area contributed by atoms with E-state index in [2.05, 4.69) is 15.9 Å². The van der Waals surface area contributed by atoms with E-state index in [4.69, 9.17) is 23.8 Å². The number of anilines is 1. The summed E-state index contributed by atoms with van der Waals surface area (Å²) in [7, 11) is 0. The Balaban J connectivity index is 1.94. The number of hydrogen-bond donors (Lipinski definition) is 0. The molecule has 2 nitrogen and oxygen atoms in total. The van der Waals surface area contributed by atoms with Gasteiger partial charge >= 0.3 is 0 Å². The Morgan fingerprint density at radius 3 is 2.54 bits per heavy atom. The van der Waals surface area contributed by atoms with Crippen molar-refractivity contribution >= 4 is 73.5 Å². The lowest BCUT2D eigenvalue weighted by molar-refractivity contribution is -0.113. The highest BCUT2D eigenvalue weighted by molar-refractivity contribution is 9.10. The van der Waals surface area contributed by atoms with E-state index in [9.17, 15) is 13.6 Å². The Labute approximate surface area is 159 Å². The summed E-state index contributed by atoms with van der Waals surface area (Å²) < 4.78 is 27.2. The molecule has 0 atom stereocenters. The average molecular weight is 447 g/mol. The van der Waals surface area contributed by atoms with Crippen molar-refractivity contribution in [3.05, 3.63) is 68.0 Å². The highest BCUT2D eigenvalue weighted by atomic mass is 79.9. The molecule has 0 aromatic heterocycles. The Kier molecular flexibility index (Phi) is 5.05. The van der Waals surface area contributed by atoms with Crippen molar-refractivity contribution in [3.8, 4) is 0 Å². The number of nitrogens with zero attached hydrogens (tertiary/aromatic N) is 1. The Morgan fingerprint density at radius 1 is 1.17 bits per heavy atom. The fourth-order valence-electron chi connectivity index (χ4n) is 2.07. The van der Waals surface area contributed by atoms with E-state index < -0.39 is 5.82 Å². The van der Waals surface area contributed by atoms with Crippen LogP contribution in [0.1, 0.15) is 5.56 Å². The molecule has 0 N–H and O–H groups in total. The second-order valence-corrected chi connectivity index (χ2v) is 7.73. The van der Waals surface area contributed by atoms with Crippen molar-refractivity contribution < 1.29 is 13.6 Å². The first-order valence-corrected chi connectivity index (χ1v) is 8.94. The lowest BCUT2D eigenvalue weighted by atomic mass is 10.2. The van der Waals surface area contributed by atoms with Gasteiger partial charge in [0.25, 0.3) is 5.91 Å². The summed E-state index contributed by atoms with van der Waals surface area (Å²) in [5.74, 6) is -1.30. The van der Waals surface area contributed by atoms with Crippen molar-refractivity contribution in [2.24, 2.45) is 0 Å². The van der Waals surface area contributed by atoms with E-state index in [1.54, 1.807) is 18.2 Å². The monoisotopic (exact) mass is 445 g/mol. The van der Waals surface area contributed by atoms with Gasteiger partial charge in [0.15, 0.2) is 4.32 Å². The van der Waals surface area contributed by atoms with E-state index in [0.717, 1.165) is 11.8 Å². The van der Waals surface area contributed by atoms with Crippen molar-refractivity contribution in [3.63, 3.8) is 0 Å². The molecule has 1 fully saturated rings. The molecule has 1 aliphatic rings. The Bertz CT molecular complexity index is 904. The van der Waals surface area contributed by atoms with Gasteiger partial charge in [-0.1, -0.05) is 41.6 Å². The van der Waals surface area contributed by atoms with Crippen LogP contribution in [0.3, 0.4) is 0 Å². The highest BCUT2D eigenvalue weighted by Crippen LogP contribution is 2.37. The lowest BCUT2D eigenvalue weighted by Crippen LogP contribution is -2.27. The zero-order valence-electron chi connectivity index (χ0n) is 11.7. The van der Waals surface area contributed by atoms with E-state index in [1.165, 1.54) is 29.2 Å². The minimum Gasteiger partial charge on any atom is -0.268 e. The number of rotatable bonds is 2. The third-order valence-electron chi connectivity index (χ3n) is 3.20. The molecule has 1 heterocycles. The summed E-state index contributed by atoms with van der Waals surface area (Å²) in [4.78, 5) is 14.3. The van der Waals surface area contributed by atoms with Gasteiger partial charge in [0, 0.05) is 0 Å². The van der Waals surface area contributed by atoms with Crippen molar-refractivity contribution in [2.45, 2.75) is 0 Å². The maximum absolute atomic E-state index is 13.3. The quantitative estimate of drug-likeness (QED) is 0.430. The molecule has 0 bridgehead atoms. The van der Waals surface area contributed by atoms with Crippen LogP contribution in [0.2, 0.25) is 5.02 Å². The summed E-state index contributed by atoms with van der Waals surface area (Å²) in [5, 5.41) is -0.0898. The van der Waals surface area contributed by atoms with Crippen LogP contribution >= 0.6 is 51.5 Å². The van der Waals surface area contributed by atoms with Crippen molar-refractivity contribution in [1.82, 2.24) is 0 Å². The van der Waals surface area contributed by atoms with Gasteiger partial charge in [0.1, 0.15) is 11.6 Å². The number of thioether (sulfide) groups is 1. The lowest BCUT2D eigenvalue weighted by Gasteiger charge is -2.14. The van der Waals surface area contributed by atoms with Crippen LogP contribution in [-0.4, -0.2) is 10.2 Å². The fourth-order valence-corrected chi connectivity index (χ4v) is 3.94. The SMILES string of the molecule is O=C1C(=Cc2ccc(F)c(Br)c2)SC(=S)N1c1ccc(F)c(Cl)c1. The highest BCUT2D eigenvalue weighted by Gasteiger charge is 2.33. The number of carbonyl (C=O) groups is 1. The van der Waals surface area contributed by atoms with Crippen LogP contribution in [0, 0.1) is 11.6 Å². The van der Waals surface area contributed by atoms with Crippen LogP contribution in [-0.2, 0) is 4.79 Å². The summed E-state index contributed by atoms with van der Waals surface area (Å²) in [6.07, 6.45) is 1.62. The molecule has 122 valence electrons. The normalized spacial score (nSPS) is 16.3. The van der Waals surface area contributed by atoms with Gasteiger partial charge < -0.3 is 0 Å². The maximum Gasteiger partial charge on any atom is 0.270 e. The zero-order valence-corrected chi connectivity index (χ0v) is 15.7. The van der Waals surface area contributed by atoms with Gasteiger partial charge in [0.2, 0.25) is 0 Å². The molecule has 1 aliphatic heterocycles.